The summed E-state index contributed by atoms with van der Waals surface area (Å²) in [6, 6.07) is 9.05. The first-order valence-electron chi connectivity index (χ1n) is 8.84. The van der Waals surface area contributed by atoms with Crippen molar-refractivity contribution in [2.45, 2.75) is 24.0 Å². The highest BCUT2D eigenvalue weighted by molar-refractivity contribution is 7.90. The van der Waals surface area contributed by atoms with Gasteiger partial charge in [-0.15, -0.1) is 15.7 Å². The third kappa shape index (κ3) is 3.93. The second kappa shape index (κ2) is 7.52. The van der Waals surface area contributed by atoms with Gasteiger partial charge in [-0.1, -0.05) is 6.07 Å². The third-order valence-electron chi connectivity index (χ3n) is 4.33. The predicted octanol–water partition coefficient (Wildman–Crippen LogP) is 4.10. The SMILES string of the molecule is COc1cccc(S(=O)(=O)N=c2sc(C)cn2-c2ccc3c(c2)OC(F)(F)C(F)(F)O3)c1. The van der Waals surface area contributed by atoms with Gasteiger partial charge in [0.25, 0.3) is 10.0 Å². The first kappa shape index (κ1) is 22.1. The molecular weight excluding hydrogens is 476 g/mol. The molecule has 2 aromatic carbocycles. The van der Waals surface area contributed by atoms with E-state index in [-0.39, 0.29) is 15.4 Å². The molecule has 0 unspecified atom stereocenters. The number of thiazole rings is 1. The van der Waals surface area contributed by atoms with Gasteiger partial charge in [0.2, 0.25) is 4.80 Å². The number of aryl methyl sites for hydroxylation is 1. The van der Waals surface area contributed by atoms with Crippen molar-refractivity contribution >= 4 is 21.4 Å². The van der Waals surface area contributed by atoms with Crippen LogP contribution >= 0.6 is 11.3 Å². The molecule has 4 rings (SSSR count). The van der Waals surface area contributed by atoms with Crippen molar-refractivity contribution in [3.63, 3.8) is 0 Å². The van der Waals surface area contributed by atoms with Gasteiger partial charge in [-0.2, -0.15) is 26.0 Å². The third-order valence-corrected chi connectivity index (χ3v) is 6.60. The fourth-order valence-corrected chi connectivity index (χ4v) is 4.89. The molecular formula is C19H14F4N2O5S2. The molecule has 2 heterocycles. The highest BCUT2D eigenvalue weighted by atomic mass is 32.2. The molecule has 0 fully saturated rings. The lowest BCUT2D eigenvalue weighted by Gasteiger charge is -2.31. The van der Waals surface area contributed by atoms with Crippen LogP contribution in [0.25, 0.3) is 5.69 Å². The van der Waals surface area contributed by atoms with Crippen molar-refractivity contribution in [1.29, 1.82) is 0 Å². The topological polar surface area (TPSA) is 79.1 Å². The standard InChI is InChI=1S/C19H14F4N2O5S2/c1-11-10-25(12-6-7-15-16(8-12)30-19(22,23)18(20,21)29-15)17(31-11)24-32(26,27)14-5-3-4-13(9-14)28-2/h3-10H,1-2H3. The number of benzene rings is 2. The van der Waals surface area contributed by atoms with E-state index in [9.17, 15) is 26.0 Å². The number of nitrogens with zero attached hydrogens (tertiary/aromatic N) is 2. The molecule has 0 atom stereocenters. The van der Waals surface area contributed by atoms with E-state index in [4.69, 9.17) is 4.74 Å². The van der Waals surface area contributed by atoms with Crippen molar-refractivity contribution in [2.24, 2.45) is 4.40 Å². The van der Waals surface area contributed by atoms with Gasteiger partial charge in [0, 0.05) is 23.2 Å². The van der Waals surface area contributed by atoms with Gasteiger partial charge in [0.05, 0.1) is 17.7 Å². The Balaban J connectivity index is 1.80. The predicted molar refractivity (Wildman–Crippen MR) is 105 cm³/mol. The summed E-state index contributed by atoms with van der Waals surface area (Å²) in [5, 5.41) is 0. The lowest BCUT2D eigenvalue weighted by Crippen LogP contribution is -2.52. The van der Waals surface area contributed by atoms with Crippen LogP contribution in [0.15, 0.2) is 58.0 Å². The second-order valence-corrected chi connectivity index (χ2v) is 9.43. The maximum atomic E-state index is 13.5. The van der Waals surface area contributed by atoms with E-state index in [1.54, 1.807) is 13.0 Å². The first-order valence-corrected chi connectivity index (χ1v) is 11.1. The molecule has 7 nitrogen and oxygen atoms in total. The van der Waals surface area contributed by atoms with Crippen LogP contribution in [0, 0.1) is 6.92 Å². The van der Waals surface area contributed by atoms with Gasteiger partial charge < -0.3 is 14.2 Å². The quantitative estimate of drug-likeness (QED) is 0.515. The number of halogens is 4. The summed E-state index contributed by atoms with van der Waals surface area (Å²) >= 11 is 1.02. The van der Waals surface area contributed by atoms with Crippen molar-refractivity contribution < 1.29 is 40.2 Å². The van der Waals surface area contributed by atoms with Gasteiger partial charge in [-0.3, -0.25) is 4.57 Å². The Hall–Kier alpha value is -3.06. The Morgan fingerprint density at radius 2 is 1.72 bits per heavy atom. The molecule has 1 aromatic heterocycles. The molecule has 32 heavy (non-hydrogen) atoms. The average molecular weight is 490 g/mol. The van der Waals surface area contributed by atoms with E-state index in [0.717, 1.165) is 23.5 Å². The highest BCUT2D eigenvalue weighted by Gasteiger charge is 2.65. The van der Waals surface area contributed by atoms with Crippen LogP contribution in [-0.4, -0.2) is 32.3 Å². The zero-order valence-corrected chi connectivity index (χ0v) is 18.0. The molecule has 0 aliphatic carbocycles. The summed E-state index contributed by atoms with van der Waals surface area (Å²) in [5.74, 6) is -0.892. The van der Waals surface area contributed by atoms with Crippen LogP contribution in [0.2, 0.25) is 0 Å². The maximum Gasteiger partial charge on any atom is 0.507 e. The van der Waals surface area contributed by atoms with Crippen molar-refractivity contribution in [1.82, 2.24) is 4.57 Å². The largest absolute Gasteiger partial charge is 0.507 e. The smallest absolute Gasteiger partial charge is 0.497 e. The van der Waals surface area contributed by atoms with Crippen LogP contribution in [0.4, 0.5) is 17.6 Å². The summed E-state index contributed by atoms with van der Waals surface area (Å²) in [6.07, 6.45) is -8.20. The molecule has 1 aliphatic rings. The molecule has 0 saturated carbocycles. The van der Waals surface area contributed by atoms with Crippen LogP contribution in [0.1, 0.15) is 4.88 Å². The van der Waals surface area contributed by atoms with E-state index < -0.39 is 33.7 Å². The summed E-state index contributed by atoms with van der Waals surface area (Å²) in [4.78, 5) is 0.536. The molecule has 1 aliphatic heterocycles. The Morgan fingerprint density at radius 1 is 1.03 bits per heavy atom. The molecule has 3 aromatic rings. The Morgan fingerprint density at radius 3 is 2.41 bits per heavy atom. The number of rotatable bonds is 4. The molecule has 0 saturated heterocycles. The normalized spacial score (nSPS) is 17.2. The van der Waals surface area contributed by atoms with Crippen LogP contribution in [0.3, 0.4) is 0 Å². The minimum absolute atomic E-state index is 0.000845. The van der Waals surface area contributed by atoms with E-state index in [1.807, 2.05) is 0 Å². The Kier molecular flexibility index (Phi) is 5.20. The molecule has 13 heteroatoms. The van der Waals surface area contributed by atoms with E-state index >= 15 is 0 Å². The summed E-state index contributed by atoms with van der Waals surface area (Å²) in [6.45, 7) is 1.69. The van der Waals surface area contributed by atoms with Gasteiger partial charge in [-0.25, -0.2) is 0 Å². The number of sulfonamides is 1. The number of hydrogen-bond donors (Lipinski definition) is 0. The molecule has 0 N–H and O–H groups in total. The zero-order chi connectivity index (χ0) is 23.3. The fourth-order valence-electron chi connectivity index (χ4n) is 2.83. The number of aromatic nitrogens is 1. The number of ether oxygens (including phenoxy) is 3. The first-order chi connectivity index (χ1) is 14.9. The Bertz CT molecular complexity index is 1370. The van der Waals surface area contributed by atoms with Crippen LogP contribution < -0.4 is 19.0 Å². The zero-order valence-electron chi connectivity index (χ0n) is 16.4. The molecule has 0 amide bonds. The molecule has 0 radical (unpaired) electrons. The number of hydrogen-bond acceptors (Lipinski definition) is 6. The summed E-state index contributed by atoms with van der Waals surface area (Å²) < 4.78 is 97.8. The lowest BCUT2D eigenvalue weighted by atomic mass is 10.2. The van der Waals surface area contributed by atoms with Crippen LogP contribution in [0.5, 0.6) is 17.2 Å². The van der Waals surface area contributed by atoms with Crippen LogP contribution in [-0.2, 0) is 10.0 Å². The summed E-state index contributed by atoms with van der Waals surface area (Å²) in [7, 11) is -2.77. The van der Waals surface area contributed by atoms with E-state index in [1.165, 1.54) is 42.1 Å². The van der Waals surface area contributed by atoms with E-state index in [2.05, 4.69) is 13.9 Å². The van der Waals surface area contributed by atoms with Crippen molar-refractivity contribution in [2.75, 3.05) is 7.11 Å². The molecule has 0 spiro atoms. The van der Waals surface area contributed by atoms with Crippen molar-refractivity contribution in [3.8, 4) is 22.9 Å². The lowest BCUT2D eigenvalue weighted by molar-refractivity contribution is -0.391. The minimum Gasteiger partial charge on any atom is -0.497 e. The summed E-state index contributed by atoms with van der Waals surface area (Å²) in [5.41, 5.74) is 0.150. The maximum absolute atomic E-state index is 13.5. The second-order valence-electron chi connectivity index (χ2n) is 6.61. The number of fused-ring (bicyclic) bond motifs is 1. The fraction of sp³-hybridized carbons (Fsp3) is 0.211. The molecule has 0 bridgehead atoms. The van der Waals surface area contributed by atoms with Gasteiger partial charge >= 0.3 is 12.2 Å². The molecule has 170 valence electrons. The Labute approximate surface area is 183 Å². The van der Waals surface area contributed by atoms with Gasteiger partial charge in [0.15, 0.2) is 11.5 Å². The minimum atomic E-state index is -4.88. The average Bonchev–Trinajstić information content (AvgIpc) is 3.07. The monoisotopic (exact) mass is 490 g/mol. The van der Waals surface area contributed by atoms with E-state index in [0.29, 0.717) is 10.6 Å². The van der Waals surface area contributed by atoms with Gasteiger partial charge in [0.1, 0.15) is 5.75 Å². The number of alkyl halides is 4. The highest BCUT2D eigenvalue weighted by Crippen LogP contribution is 2.47. The van der Waals surface area contributed by atoms with Gasteiger partial charge in [-0.05, 0) is 31.2 Å². The van der Waals surface area contributed by atoms with Crippen molar-refractivity contribution in [3.05, 3.63) is 58.3 Å². The number of methoxy groups -OCH3 is 1.